The quantitative estimate of drug-likeness (QED) is 0.308. The number of nitrogens with zero attached hydrogens (tertiary/aromatic N) is 4. The lowest BCUT2D eigenvalue weighted by Crippen LogP contribution is -2.33. The van der Waals surface area contributed by atoms with E-state index < -0.39 is 31.1 Å². The normalized spacial score (nSPS) is 26.4. The van der Waals surface area contributed by atoms with E-state index in [0.29, 0.717) is 17.8 Å². The van der Waals surface area contributed by atoms with Crippen LogP contribution < -0.4 is 10.5 Å². The van der Waals surface area contributed by atoms with E-state index in [0.717, 1.165) is 18.6 Å². The van der Waals surface area contributed by atoms with E-state index in [1.54, 1.807) is 0 Å². The van der Waals surface area contributed by atoms with Crippen molar-refractivity contribution in [3.05, 3.63) is 6.33 Å². The molecule has 0 aliphatic carbocycles. The number of aromatic nitrogens is 4. The van der Waals surface area contributed by atoms with Gasteiger partial charge in [-0.05, 0) is 18.6 Å². The maximum Gasteiger partial charge on any atom is 0.247 e. The first-order valence-corrected chi connectivity index (χ1v) is 8.56. The van der Waals surface area contributed by atoms with Crippen molar-refractivity contribution in [2.24, 2.45) is 0 Å². The molecule has 1 aliphatic rings. The summed E-state index contributed by atoms with van der Waals surface area (Å²) in [5.74, 6) is 1.00. The molecule has 3 rings (SSSR count). The molecule has 10 nitrogen and oxygen atoms in total. The Hall–Kier alpha value is -1.66. The van der Waals surface area contributed by atoms with Gasteiger partial charge in [-0.1, -0.05) is 0 Å². The molecule has 1 saturated heterocycles. The minimum absolute atomic E-state index is 0.00908. The van der Waals surface area contributed by atoms with E-state index >= 15 is 0 Å². The number of hydrogen-bond acceptors (Lipinski definition) is 10. The number of aliphatic hydroxyl groups is 3. The Morgan fingerprint density at radius 2 is 2.08 bits per heavy atom. The van der Waals surface area contributed by atoms with Gasteiger partial charge < -0.3 is 30.5 Å². The standard InChI is InChI=1S/C14H21N5O5S/c15-14-17-11-8(12(18-14)23-3-1-2-4-25)16-6-19(11)13-10(22)9(21)7(5-20)24-13/h6-7,9-10,13,20-22,25H,1-5H2,(H2,15,17,18)/t7-,9-,10-,13-/m1/s1. The van der Waals surface area contributed by atoms with Gasteiger partial charge in [-0.15, -0.1) is 0 Å². The van der Waals surface area contributed by atoms with Gasteiger partial charge in [0.05, 0.1) is 19.5 Å². The number of nitrogen functional groups attached to an aromatic ring is 1. The number of fused-ring (bicyclic) bond motifs is 1. The van der Waals surface area contributed by atoms with Crippen LogP contribution in [0.3, 0.4) is 0 Å². The van der Waals surface area contributed by atoms with Crippen LogP contribution in [0.1, 0.15) is 19.1 Å². The summed E-state index contributed by atoms with van der Waals surface area (Å²) in [4.78, 5) is 12.4. The summed E-state index contributed by atoms with van der Waals surface area (Å²) in [7, 11) is 0. The Morgan fingerprint density at radius 3 is 2.76 bits per heavy atom. The molecule has 5 N–H and O–H groups in total. The molecule has 2 aromatic heterocycles. The van der Waals surface area contributed by atoms with Crippen LogP contribution in [-0.2, 0) is 4.74 Å². The highest BCUT2D eigenvalue weighted by Gasteiger charge is 2.44. The molecule has 0 bridgehead atoms. The number of hydrogen-bond donors (Lipinski definition) is 5. The van der Waals surface area contributed by atoms with Gasteiger partial charge >= 0.3 is 0 Å². The fraction of sp³-hybridized carbons (Fsp3) is 0.643. The molecule has 0 spiro atoms. The zero-order chi connectivity index (χ0) is 18.0. The van der Waals surface area contributed by atoms with Crippen LogP contribution in [0.2, 0.25) is 0 Å². The fourth-order valence-electron chi connectivity index (χ4n) is 2.69. The Morgan fingerprint density at radius 1 is 1.28 bits per heavy atom. The lowest BCUT2D eigenvalue weighted by Gasteiger charge is -2.16. The molecule has 4 atom stereocenters. The number of thiol groups is 1. The Bertz CT molecular complexity index is 729. The van der Waals surface area contributed by atoms with E-state index in [4.69, 9.17) is 15.2 Å². The van der Waals surface area contributed by atoms with Gasteiger partial charge in [0.15, 0.2) is 17.4 Å². The number of unbranched alkanes of at least 4 members (excludes halogenated alkanes) is 1. The predicted molar refractivity (Wildman–Crippen MR) is 91.3 cm³/mol. The minimum atomic E-state index is -1.24. The van der Waals surface area contributed by atoms with E-state index in [1.807, 2.05) is 0 Å². The number of anilines is 1. The van der Waals surface area contributed by atoms with Crippen molar-refractivity contribution >= 4 is 29.7 Å². The van der Waals surface area contributed by atoms with Crippen molar-refractivity contribution in [1.82, 2.24) is 19.5 Å². The molecule has 138 valence electrons. The predicted octanol–water partition coefficient (Wildman–Crippen LogP) is -0.891. The SMILES string of the molecule is Nc1nc(OCCCCS)c2ncn([C@@H]3O[C@H](CO)[C@@H](O)[C@H]3O)c2n1. The van der Waals surface area contributed by atoms with Crippen LogP contribution in [-0.4, -0.2) is 72.1 Å². The lowest BCUT2D eigenvalue weighted by atomic mass is 10.1. The van der Waals surface area contributed by atoms with E-state index in [9.17, 15) is 15.3 Å². The topological polar surface area (TPSA) is 149 Å². The van der Waals surface area contributed by atoms with Crippen LogP contribution in [0.25, 0.3) is 11.2 Å². The van der Waals surface area contributed by atoms with Crippen molar-refractivity contribution in [2.75, 3.05) is 24.7 Å². The molecule has 1 aliphatic heterocycles. The Balaban J connectivity index is 1.89. The van der Waals surface area contributed by atoms with Gasteiger partial charge in [0, 0.05) is 0 Å². The Kier molecular flexibility index (Phi) is 5.59. The molecular formula is C14H21N5O5S. The summed E-state index contributed by atoms with van der Waals surface area (Å²) in [6.07, 6.45) is -1.19. The smallest absolute Gasteiger partial charge is 0.247 e. The maximum atomic E-state index is 10.2. The summed E-state index contributed by atoms with van der Waals surface area (Å²) < 4.78 is 12.6. The number of rotatable bonds is 7. The van der Waals surface area contributed by atoms with Gasteiger partial charge in [-0.25, -0.2) is 4.98 Å². The second kappa shape index (κ2) is 7.70. The average Bonchev–Trinajstić information content (AvgIpc) is 3.13. The van der Waals surface area contributed by atoms with Gasteiger partial charge in [-0.2, -0.15) is 22.6 Å². The summed E-state index contributed by atoms with van der Waals surface area (Å²) >= 11 is 4.15. The molecule has 0 aromatic carbocycles. The van der Waals surface area contributed by atoms with Crippen molar-refractivity contribution in [1.29, 1.82) is 0 Å². The third-order valence-corrected chi connectivity index (χ3v) is 4.31. The maximum absolute atomic E-state index is 10.2. The molecule has 2 aromatic rings. The second-order valence-electron chi connectivity index (χ2n) is 5.72. The second-order valence-corrected chi connectivity index (χ2v) is 6.17. The third-order valence-electron chi connectivity index (χ3n) is 3.99. The molecule has 0 unspecified atom stereocenters. The molecule has 0 radical (unpaired) electrons. The highest BCUT2D eigenvalue weighted by molar-refractivity contribution is 7.80. The molecule has 3 heterocycles. The van der Waals surface area contributed by atoms with Gasteiger partial charge in [-0.3, -0.25) is 4.57 Å². The number of nitrogens with two attached hydrogens (primary N) is 1. The fourth-order valence-corrected chi connectivity index (χ4v) is 2.91. The zero-order valence-corrected chi connectivity index (χ0v) is 14.3. The lowest BCUT2D eigenvalue weighted by molar-refractivity contribution is -0.0511. The molecular weight excluding hydrogens is 350 g/mol. The monoisotopic (exact) mass is 371 g/mol. The number of ether oxygens (including phenoxy) is 2. The highest BCUT2D eigenvalue weighted by Crippen LogP contribution is 2.33. The summed E-state index contributed by atoms with van der Waals surface area (Å²) in [5, 5.41) is 29.3. The first-order valence-electron chi connectivity index (χ1n) is 7.93. The summed E-state index contributed by atoms with van der Waals surface area (Å²) in [6.45, 7) is 0.0187. The third kappa shape index (κ3) is 3.51. The van der Waals surface area contributed by atoms with Crippen LogP contribution in [0, 0.1) is 0 Å². The number of imidazole rings is 1. The molecule has 0 saturated carbocycles. The number of aliphatic hydroxyl groups excluding tert-OH is 3. The average molecular weight is 371 g/mol. The van der Waals surface area contributed by atoms with Crippen LogP contribution in [0.15, 0.2) is 6.33 Å². The van der Waals surface area contributed by atoms with Crippen LogP contribution in [0.4, 0.5) is 5.95 Å². The van der Waals surface area contributed by atoms with E-state index in [2.05, 4.69) is 27.6 Å². The minimum Gasteiger partial charge on any atom is -0.476 e. The van der Waals surface area contributed by atoms with Crippen molar-refractivity contribution in [3.63, 3.8) is 0 Å². The molecule has 25 heavy (non-hydrogen) atoms. The summed E-state index contributed by atoms with van der Waals surface area (Å²) in [6, 6.07) is 0. The van der Waals surface area contributed by atoms with E-state index in [-0.39, 0.29) is 11.8 Å². The summed E-state index contributed by atoms with van der Waals surface area (Å²) in [5.41, 5.74) is 6.43. The van der Waals surface area contributed by atoms with Crippen LogP contribution >= 0.6 is 12.6 Å². The molecule has 0 amide bonds. The van der Waals surface area contributed by atoms with Crippen molar-refractivity contribution in [2.45, 2.75) is 37.4 Å². The zero-order valence-electron chi connectivity index (χ0n) is 13.4. The van der Waals surface area contributed by atoms with Crippen LogP contribution in [0.5, 0.6) is 5.88 Å². The largest absolute Gasteiger partial charge is 0.476 e. The van der Waals surface area contributed by atoms with E-state index in [1.165, 1.54) is 10.9 Å². The molecule has 11 heteroatoms. The van der Waals surface area contributed by atoms with Crippen molar-refractivity contribution in [3.8, 4) is 5.88 Å². The van der Waals surface area contributed by atoms with Gasteiger partial charge in [0.2, 0.25) is 11.8 Å². The first kappa shape index (κ1) is 18.1. The van der Waals surface area contributed by atoms with Crippen molar-refractivity contribution < 1.29 is 24.8 Å². The molecule has 1 fully saturated rings. The highest BCUT2D eigenvalue weighted by atomic mass is 32.1. The Labute approximate surface area is 149 Å². The van der Waals surface area contributed by atoms with Gasteiger partial charge in [0.25, 0.3) is 0 Å². The van der Waals surface area contributed by atoms with Gasteiger partial charge in [0.1, 0.15) is 18.3 Å². The first-order chi connectivity index (χ1) is 12.1.